The van der Waals surface area contributed by atoms with E-state index in [-0.39, 0.29) is 24.7 Å². The largest absolute Gasteiger partial charge is 0.466 e. The van der Waals surface area contributed by atoms with Gasteiger partial charge < -0.3 is 15.4 Å². The van der Waals surface area contributed by atoms with E-state index in [1.165, 1.54) is 6.92 Å². The number of rotatable bonds is 10. The smallest absolute Gasteiger partial charge is 0.307 e. The molecular weight excluding hydrogens is 296 g/mol. The summed E-state index contributed by atoms with van der Waals surface area (Å²) in [4.78, 5) is 35.0. The van der Waals surface area contributed by atoms with E-state index >= 15 is 0 Å². The van der Waals surface area contributed by atoms with Crippen LogP contribution in [0.2, 0.25) is 0 Å². The third kappa shape index (κ3) is 7.56. The van der Waals surface area contributed by atoms with Gasteiger partial charge in [-0.2, -0.15) is 0 Å². The normalized spacial score (nSPS) is 11.6. The first kappa shape index (κ1) is 18.8. The fraction of sp³-hybridized carbons (Fsp3) is 0.471. The van der Waals surface area contributed by atoms with E-state index in [4.69, 9.17) is 4.74 Å². The fourth-order valence-electron chi connectivity index (χ4n) is 2.08. The van der Waals surface area contributed by atoms with Crippen LogP contribution in [-0.2, 0) is 14.3 Å². The summed E-state index contributed by atoms with van der Waals surface area (Å²) >= 11 is 0. The summed E-state index contributed by atoms with van der Waals surface area (Å²) in [6.07, 6.45) is 0.655. The Bertz CT molecular complexity index is 517. The van der Waals surface area contributed by atoms with E-state index in [1.807, 2.05) is 6.07 Å². The third-order valence-corrected chi connectivity index (χ3v) is 3.17. The Labute approximate surface area is 136 Å². The number of hydrogen-bond acceptors (Lipinski definition) is 5. The predicted molar refractivity (Wildman–Crippen MR) is 87.1 cm³/mol. The van der Waals surface area contributed by atoms with Crippen LogP contribution in [0.1, 0.15) is 37.0 Å². The molecule has 0 saturated carbocycles. The number of benzene rings is 1. The number of Topliss-reactive ketones (excluding diaryl/α,β-unsaturated/α-hetero) is 1. The summed E-state index contributed by atoms with van der Waals surface area (Å²) in [7, 11) is 0. The van der Waals surface area contributed by atoms with Crippen molar-refractivity contribution >= 4 is 17.7 Å². The van der Waals surface area contributed by atoms with Crippen LogP contribution in [-0.4, -0.2) is 43.4 Å². The Morgan fingerprint density at radius 3 is 2.43 bits per heavy atom. The van der Waals surface area contributed by atoms with Crippen molar-refractivity contribution in [1.82, 2.24) is 10.6 Å². The minimum Gasteiger partial charge on any atom is -0.466 e. The van der Waals surface area contributed by atoms with Gasteiger partial charge in [-0.3, -0.25) is 14.4 Å². The first-order valence-electron chi connectivity index (χ1n) is 7.77. The van der Waals surface area contributed by atoms with Crippen molar-refractivity contribution < 1.29 is 19.1 Å². The summed E-state index contributed by atoms with van der Waals surface area (Å²) in [5, 5.41) is 5.77. The molecule has 1 amide bonds. The topological polar surface area (TPSA) is 84.5 Å². The first-order valence-corrected chi connectivity index (χ1v) is 7.77. The number of carbonyl (C=O) groups excluding carboxylic acids is 3. The lowest BCUT2D eigenvalue weighted by Crippen LogP contribution is -2.40. The maximum Gasteiger partial charge on any atom is 0.307 e. The van der Waals surface area contributed by atoms with Gasteiger partial charge in [0, 0.05) is 19.0 Å². The van der Waals surface area contributed by atoms with Crippen LogP contribution in [0.3, 0.4) is 0 Å². The van der Waals surface area contributed by atoms with E-state index in [1.54, 1.807) is 31.2 Å². The Morgan fingerprint density at radius 2 is 1.83 bits per heavy atom. The summed E-state index contributed by atoms with van der Waals surface area (Å²) in [6.45, 7) is 4.51. The highest BCUT2D eigenvalue weighted by molar-refractivity contribution is 6.01. The average Bonchev–Trinajstić information content (AvgIpc) is 2.53. The quantitative estimate of drug-likeness (QED) is 0.386. The van der Waals surface area contributed by atoms with Gasteiger partial charge in [0.15, 0.2) is 5.78 Å². The molecule has 0 heterocycles. The average molecular weight is 320 g/mol. The standard InChI is InChI=1S/C17H24N2O4/c1-3-23-16(21)12-15(19-11-7-10-18-13(2)20)17(22)14-8-5-4-6-9-14/h4-6,8-9,15,19H,3,7,10-12H2,1-2H3,(H,18,20). The minimum absolute atomic E-state index is 0.0122. The molecule has 0 fully saturated rings. The van der Waals surface area contributed by atoms with Crippen LogP contribution in [0.4, 0.5) is 0 Å². The molecule has 0 saturated heterocycles. The summed E-state index contributed by atoms with van der Waals surface area (Å²) in [5.41, 5.74) is 0.552. The van der Waals surface area contributed by atoms with E-state index in [0.717, 1.165) is 0 Å². The molecule has 6 nitrogen and oxygen atoms in total. The predicted octanol–water partition coefficient (Wildman–Crippen LogP) is 1.31. The minimum atomic E-state index is -0.631. The molecule has 1 aromatic rings. The highest BCUT2D eigenvalue weighted by Gasteiger charge is 2.23. The van der Waals surface area contributed by atoms with Gasteiger partial charge in [-0.1, -0.05) is 30.3 Å². The van der Waals surface area contributed by atoms with Gasteiger partial charge in [-0.05, 0) is 19.9 Å². The maximum atomic E-state index is 12.5. The molecule has 1 aromatic carbocycles. The molecular formula is C17H24N2O4. The Hall–Kier alpha value is -2.21. The molecule has 0 aliphatic heterocycles. The maximum absolute atomic E-state index is 12.5. The number of ether oxygens (including phenoxy) is 1. The van der Waals surface area contributed by atoms with E-state index < -0.39 is 12.0 Å². The molecule has 0 aliphatic carbocycles. The second-order valence-corrected chi connectivity index (χ2v) is 5.08. The molecule has 1 rings (SSSR count). The SMILES string of the molecule is CCOC(=O)CC(NCCCNC(C)=O)C(=O)c1ccccc1. The van der Waals surface area contributed by atoms with E-state index in [0.29, 0.717) is 25.1 Å². The van der Waals surface area contributed by atoms with Crippen molar-refractivity contribution in [3.63, 3.8) is 0 Å². The number of esters is 1. The Morgan fingerprint density at radius 1 is 1.13 bits per heavy atom. The van der Waals surface area contributed by atoms with Crippen LogP contribution >= 0.6 is 0 Å². The van der Waals surface area contributed by atoms with Gasteiger partial charge in [0.2, 0.25) is 5.91 Å². The Kier molecular flexibility index (Phi) is 8.60. The van der Waals surface area contributed by atoms with Crippen molar-refractivity contribution in [1.29, 1.82) is 0 Å². The van der Waals surface area contributed by atoms with Gasteiger partial charge >= 0.3 is 5.97 Å². The highest BCUT2D eigenvalue weighted by Crippen LogP contribution is 2.07. The number of amides is 1. The molecule has 0 aliphatic rings. The third-order valence-electron chi connectivity index (χ3n) is 3.17. The lowest BCUT2D eigenvalue weighted by molar-refractivity contribution is -0.143. The van der Waals surface area contributed by atoms with Gasteiger partial charge in [-0.15, -0.1) is 0 Å². The molecule has 1 atom stereocenters. The van der Waals surface area contributed by atoms with Crippen molar-refractivity contribution in [2.75, 3.05) is 19.7 Å². The van der Waals surface area contributed by atoms with Crippen LogP contribution in [0.25, 0.3) is 0 Å². The van der Waals surface area contributed by atoms with Gasteiger partial charge in [-0.25, -0.2) is 0 Å². The lowest BCUT2D eigenvalue weighted by Gasteiger charge is -2.17. The zero-order chi connectivity index (χ0) is 17.1. The fourth-order valence-corrected chi connectivity index (χ4v) is 2.08. The molecule has 0 radical (unpaired) electrons. The number of hydrogen-bond donors (Lipinski definition) is 2. The molecule has 0 spiro atoms. The summed E-state index contributed by atoms with van der Waals surface area (Å²) < 4.78 is 4.93. The van der Waals surface area contributed by atoms with Crippen LogP contribution in [0.15, 0.2) is 30.3 Å². The van der Waals surface area contributed by atoms with E-state index in [9.17, 15) is 14.4 Å². The zero-order valence-electron chi connectivity index (χ0n) is 13.6. The number of carbonyl (C=O) groups is 3. The van der Waals surface area contributed by atoms with Crippen molar-refractivity contribution in [2.45, 2.75) is 32.7 Å². The monoisotopic (exact) mass is 320 g/mol. The zero-order valence-corrected chi connectivity index (χ0v) is 13.6. The van der Waals surface area contributed by atoms with Crippen LogP contribution < -0.4 is 10.6 Å². The van der Waals surface area contributed by atoms with Crippen molar-refractivity contribution in [3.8, 4) is 0 Å². The molecule has 23 heavy (non-hydrogen) atoms. The van der Waals surface area contributed by atoms with Gasteiger partial charge in [0.1, 0.15) is 0 Å². The molecule has 0 bridgehead atoms. The van der Waals surface area contributed by atoms with E-state index in [2.05, 4.69) is 10.6 Å². The lowest BCUT2D eigenvalue weighted by atomic mass is 10.0. The van der Waals surface area contributed by atoms with Crippen LogP contribution in [0, 0.1) is 0 Å². The van der Waals surface area contributed by atoms with Gasteiger partial charge in [0.05, 0.1) is 19.1 Å². The molecule has 126 valence electrons. The first-order chi connectivity index (χ1) is 11.0. The molecule has 6 heteroatoms. The van der Waals surface area contributed by atoms with Crippen molar-refractivity contribution in [3.05, 3.63) is 35.9 Å². The second kappa shape index (κ2) is 10.5. The van der Waals surface area contributed by atoms with Crippen molar-refractivity contribution in [2.24, 2.45) is 0 Å². The summed E-state index contributed by atoms with van der Waals surface area (Å²) in [6, 6.07) is 8.21. The number of nitrogens with one attached hydrogen (secondary N) is 2. The molecule has 2 N–H and O–H groups in total. The number of ketones is 1. The second-order valence-electron chi connectivity index (χ2n) is 5.08. The van der Waals surface area contributed by atoms with Crippen LogP contribution in [0.5, 0.6) is 0 Å². The highest BCUT2D eigenvalue weighted by atomic mass is 16.5. The van der Waals surface area contributed by atoms with Gasteiger partial charge in [0.25, 0.3) is 0 Å². The summed E-state index contributed by atoms with van der Waals surface area (Å²) in [5.74, 6) is -0.636. The molecule has 1 unspecified atom stereocenters. The molecule has 0 aromatic heterocycles. The Balaban J connectivity index is 2.60.